The summed E-state index contributed by atoms with van der Waals surface area (Å²) in [5, 5.41) is 14.1. The van der Waals surface area contributed by atoms with Gasteiger partial charge in [0, 0.05) is 11.7 Å². The molecule has 1 fully saturated rings. The molecule has 1 amide bonds. The Bertz CT molecular complexity index is 1240. The average molecular weight is 427 g/mol. The topological polar surface area (TPSA) is 108 Å². The quantitative estimate of drug-likeness (QED) is 0.408. The van der Waals surface area contributed by atoms with Gasteiger partial charge in [0.15, 0.2) is 11.0 Å². The average Bonchev–Trinajstić information content (AvgIpc) is 3.08. The van der Waals surface area contributed by atoms with Gasteiger partial charge >= 0.3 is 5.69 Å². The molecule has 0 saturated heterocycles. The van der Waals surface area contributed by atoms with Crippen molar-refractivity contribution in [1.82, 2.24) is 24.7 Å². The van der Waals surface area contributed by atoms with E-state index in [1.54, 1.807) is 29.5 Å². The van der Waals surface area contributed by atoms with Crippen LogP contribution in [-0.4, -0.2) is 35.9 Å². The first-order chi connectivity index (χ1) is 14.1. The summed E-state index contributed by atoms with van der Waals surface area (Å²) in [5.41, 5.74) is 1.72. The molecule has 0 unspecified atom stereocenters. The standard InChI is InChI=1S/C19H18N6O2S2/c1-10(17(26)20-11-4-7-13-14(9-11)22-18(27)21-13)29-19-24-23-16(15-3-2-8-28-15)25(19)12-5-6-12/h2-4,7-10,12H,5-6H2,1H3,(H,20,26)(H2,21,22,27)/t10-/m1/s1. The van der Waals surface area contributed by atoms with Gasteiger partial charge in [0.2, 0.25) is 5.91 Å². The molecule has 1 saturated carbocycles. The molecular formula is C19H18N6O2S2. The summed E-state index contributed by atoms with van der Waals surface area (Å²) in [6.45, 7) is 1.85. The molecule has 8 nitrogen and oxygen atoms in total. The monoisotopic (exact) mass is 426 g/mol. The van der Waals surface area contributed by atoms with E-state index in [1.807, 2.05) is 24.4 Å². The van der Waals surface area contributed by atoms with Gasteiger partial charge in [-0.25, -0.2) is 4.79 Å². The summed E-state index contributed by atoms with van der Waals surface area (Å²) in [4.78, 5) is 30.6. The number of nitrogens with one attached hydrogen (secondary N) is 3. The van der Waals surface area contributed by atoms with E-state index in [0.717, 1.165) is 28.7 Å². The Morgan fingerprint density at radius 3 is 2.86 bits per heavy atom. The van der Waals surface area contributed by atoms with Crippen molar-refractivity contribution in [3.63, 3.8) is 0 Å². The molecule has 3 heterocycles. The van der Waals surface area contributed by atoms with E-state index in [4.69, 9.17) is 0 Å². The number of fused-ring (bicyclic) bond motifs is 1. The van der Waals surface area contributed by atoms with Gasteiger partial charge in [0.05, 0.1) is 21.2 Å². The van der Waals surface area contributed by atoms with E-state index >= 15 is 0 Å². The second kappa shape index (κ2) is 7.20. The van der Waals surface area contributed by atoms with Gasteiger partial charge in [-0.2, -0.15) is 0 Å². The van der Waals surface area contributed by atoms with Crippen LogP contribution >= 0.6 is 23.1 Å². The van der Waals surface area contributed by atoms with Crippen LogP contribution in [0.3, 0.4) is 0 Å². The van der Waals surface area contributed by atoms with Crippen LogP contribution in [0.25, 0.3) is 21.7 Å². The normalized spacial score (nSPS) is 14.9. The predicted molar refractivity (Wildman–Crippen MR) is 114 cm³/mol. The zero-order valence-electron chi connectivity index (χ0n) is 15.5. The number of carbonyl (C=O) groups is 1. The van der Waals surface area contributed by atoms with Gasteiger partial charge in [-0.1, -0.05) is 17.8 Å². The van der Waals surface area contributed by atoms with E-state index < -0.39 is 0 Å². The van der Waals surface area contributed by atoms with Crippen molar-refractivity contribution in [3.05, 3.63) is 46.2 Å². The van der Waals surface area contributed by atoms with E-state index in [-0.39, 0.29) is 16.8 Å². The van der Waals surface area contributed by atoms with Crippen molar-refractivity contribution in [1.29, 1.82) is 0 Å². The number of anilines is 1. The van der Waals surface area contributed by atoms with Gasteiger partial charge in [-0.15, -0.1) is 21.5 Å². The number of rotatable bonds is 6. The number of imidazole rings is 1. The molecule has 1 aliphatic carbocycles. The van der Waals surface area contributed by atoms with Crippen molar-refractivity contribution < 1.29 is 4.79 Å². The van der Waals surface area contributed by atoms with E-state index in [1.165, 1.54) is 11.8 Å². The highest BCUT2D eigenvalue weighted by atomic mass is 32.2. The lowest BCUT2D eigenvalue weighted by atomic mass is 10.2. The Labute approximate surface area is 173 Å². The molecule has 4 aromatic rings. The number of aromatic nitrogens is 5. The number of amides is 1. The number of H-pyrrole nitrogens is 2. The van der Waals surface area contributed by atoms with Gasteiger partial charge in [-0.05, 0) is 49.4 Å². The summed E-state index contributed by atoms with van der Waals surface area (Å²) in [7, 11) is 0. The minimum absolute atomic E-state index is 0.129. The van der Waals surface area contributed by atoms with Crippen molar-refractivity contribution in [2.45, 2.75) is 36.2 Å². The van der Waals surface area contributed by atoms with Crippen LogP contribution in [0.5, 0.6) is 0 Å². The van der Waals surface area contributed by atoms with Gasteiger partial charge in [-0.3, -0.25) is 9.36 Å². The van der Waals surface area contributed by atoms with Crippen LogP contribution < -0.4 is 11.0 Å². The molecule has 0 radical (unpaired) electrons. The zero-order chi connectivity index (χ0) is 20.0. The smallest absolute Gasteiger partial charge is 0.323 e. The van der Waals surface area contributed by atoms with Crippen LogP contribution in [0.4, 0.5) is 5.69 Å². The molecule has 0 aliphatic heterocycles. The van der Waals surface area contributed by atoms with Crippen molar-refractivity contribution in [3.8, 4) is 10.7 Å². The number of benzene rings is 1. The first kappa shape index (κ1) is 18.2. The summed E-state index contributed by atoms with van der Waals surface area (Å²) in [6, 6.07) is 9.72. The van der Waals surface area contributed by atoms with Crippen molar-refractivity contribution >= 4 is 45.7 Å². The third kappa shape index (κ3) is 3.60. The number of aromatic amines is 2. The SMILES string of the molecule is C[C@@H](Sc1nnc(-c2cccs2)n1C1CC1)C(=O)Nc1ccc2[nH]c(=O)[nH]c2c1. The first-order valence-electron chi connectivity index (χ1n) is 9.27. The summed E-state index contributed by atoms with van der Waals surface area (Å²) >= 11 is 3.05. The fourth-order valence-electron chi connectivity index (χ4n) is 3.16. The number of thiophene rings is 1. The Morgan fingerprint density at radius 1 is 1.28 bits per heavy atom. The molecule has 0 spiro atoms. The molecule has 1 aliphatic rings. The lowest BCUT2D eigenvalue weighted by Gasteiger charge is -2.13. The predicted octanol–water partition coefficient (Wildman–Crippen LogP) is 3.63. The lowest BCUT2D eigenvalue weighted by Crippen LogP contribution is -2.23. The van der Waals surface area contributed by atoms with Gasteiger partial charge in [0.25, 0.3) is 0 Å². The van der Waals surface area contributed by atoms with Crippen molar-refractivity contribution in [2.24, 2.45) is 0 Å². The molecule has 148 valence electrons. The maximum atomic E-state index is 12.7. The van der Waals surface area contributed by atoms with Crippen molar-refractivity contribution in [2.75, 3.05) is 5.32 Å². The Kier molecular flexibility index (Phi) is 4.51. The first-order valence-corrected chi connectivity index (χ1v) is 11.0. The molecular weight excluding hydrogens is 408 g/mol. The molecule has 3 aromatic heterocycles. The lowest BCUT2D eigenvalue weighted by molar-refractivity contribution is -0.115. The minimum Gasteiger partial charge on any atom is -0.325 e. The Hall–Kier alpha value is -2.85. The van der Waals surface area contributed by atoms with Crippen LogP contribution in [0.1, 0.15) is 25.8 Å². The van der Waals surface area contributed by atoms with E-state index in [9.17, 15) is 9.59 Å². The number of nitrogens with zero attached hydrogens (tertiary/aromatic N) is 3. The molecule has 1 atom stereocenters. The third-order valence-corrected chi connectivity index (χ3v) is 6.68. The van der Waals surface area contributed by atoms with Crippen LogP contribution in [0, 0.1) is 0 Å². The summed E-state index contributed by atoms with van der Waals surface area (Å²) in [6.07, 6.45) is 2.22. The highest BCUT2D eigenvalue weighted by Crippen LogP contribution is 2.42. The molecule has 29 heavy (non-hydrogen) atoms. The highest BCUT2D eigenvalue weighted by Gasteiger charge is 2.31. The molecule has 10 heteroatoms. The second-order valence-corrected chi connectivity index (χ2v) is 9.23. The Balaban J connectivity index is 1.33. The van der Waals surface area contributed by atoms with Crippen LogP contribution in [-0.2, 0) is 4.79 Å². The molecule has 3 N–H and O–H groups in total. The number of hydrogen-bond donors (Lipinski definition) is 3. The van der Waals surface area contributed by atoms with E-state index in [0.29, 0.717) is 22.8 Å². The zero-order valence-corrected chi connectivity index (χ0v) is 17.1. The fraction of sp³-hybridized carbons (Fsp3) is 0.263. The number of carbonyl (C=O) groups excluding carboxylic acids is 1. The largest absolute Gasteiger partial charge is 0.325 e. The molecule has 1 aromatic carbocycles. The minimum atomic E-state index is -0.353. The van der Waals surface area contributed by atoms with Crippen LogP contribution in [0.2, 0.25) is 0 Å². The molecule has 0 bridgehead atoms. The van der Waals surface area contributed by atoms with Gasteiger partial charge in [0.1, 0.15) is 0 Å². The highest BCUT2D eigenvalue weighted by molar-refractivity contribution is 8.00. The maximum absolute atomic E-state index is 12.7. The summed E-state index contributed by atoms with van der Waals surface area (Å²) < 4.78 is 2.16. The van der Waals surface area contributed by atoms with Crippen LogP contribution in [0.15, 0.2) is 45.7 Å². The number of hydrogen-bond acceptors (Lipinski definition) is 6. The fourth-order valence-corrected chi connectivity index (χ4v) is 4.78. The van der Waals surface area contributed by atoms with Gasteiger partial charge < -0.3 is 15.3 Å². The Morgan fingerprint density at radius 2 is 2.10 bits per heavy atom. The maximum Gasteiger partial charge on any atom is 0.323 e. The second-order valence-electron chi connectivity index (χ2n) is 6.97. The summed E-state index contributed by atoms with van der Waals surface area (Å²) in [5.74, 6) is 0.745. The third-order valence-electron chi connectivity index (χ3n) is 4.75. The molecule has 5 rings (SSSR count). The number of thioether (sulfide) groups is 1. The van der Waals surface area contributed by atoms with E-state index in [2.05, 4.69) is 30.0 Å².